The smallest absolute Gasteiger partial charge is 0.180 e. The van der Waals surface area contributed by atoms with Gasteiger partial charge >= 0.3 is 0 Å². The van der Waals surface area contributed by atoms with Crippen LogP contribution in [0.25, 0.3) is 0 Å². The monoisotopic (exact) mass is 284 g/mol. The highest BCUT2D eigenvalue weighted by Crippen LogP contribution is 2.60. The van der Waals surface area contributed by atoms with Crippen LogP contribution >= 0.6 is 0 Å². The first-order valence-electron chi connectivity index (χ1n) is 8.07. The van der Waals surface area contributed by atoms with Crippen LogP contribution in [0.15, 0.2) is 23.3 Å². The molecule has 4 aliphatic carbocycles. The summed E-state index contributed by atoms with van der Waals surface area (Å²) in [7, 11) is 0. The fraction of sp³-hybridized carbons (Fsp3) is 0.688. The van der Waals surface area contributed by atoms with Crippen LogP contribution in [0.4, 0.5) is 0 Å². The number of hydrogen-bond acceptors (Lipinski definition) is 4. The predicted octanol–water partition coefficient (Wildman–Crippen LogP) is 2.78. The molecule has 4 bridgehead atoms. The van der Waals surface area contributed by atoms with Gasteiger partial charge in [-0.1, -0.05) is 5.21 Å². The summed E-state index contributed by atoms with van der Waals surface area (Å²) in [5.74, 6) is 2.82. The molecule has 21 heavy (non-hydrogen) atoms. The normalized spacial score (nSPS) is 37.2. The van der Waals surface area contributed by atoms with Crippen LogP contribution in [0.5, 0.6) is 0 Å². The van der Waals surface area contributed by atoms with Crippen LogP contribution in [0.1, 0.15) is 49.9 Å². The Balaban J connectivity index is 1.44. The Morgan fingerprint density at radius 1 is 1.14 bits per heavy atom. The highest BCUT2D eigenvalue weighted by molar-refractivity contribution is 5.20. The van der Waals surface area contributed by atoms with Crippen molar-refractivity contribution in [3.8, 4) is 0 Å². The molecule has 5 nitrogen and oxygen atoms in total. The third kappa shape index (κ3) is 1.86. The van der Waals surface area contributed by atoms with E-state index < -0.39 is 0 Å². The molecule has 0 atom stereocenters. The maximum atomic E-state index is 5.02. The number of rotatable bonds is 3. The summed E-state index contributed by atoms with van der Waals surface area (Å²) >= 11 is 0. The van der Waals surface area contributed by atoms with Gasteiger partial charge in [0.05, 0.1) is 12.2 Å². The summed E-state index contributed by atoms with van der Waals surface area (Å²) in [6, 6.07) is 0. The van der Waals surface area contributed by atoms with Crippen molar-refractivity contribution >= 4 is 0 Å². The molecule has 5 heteroatoms. The van der Waals surface area contributed by atoms with Crippen molar-refractivity contribution in [1.29, 1.82) is 0 Å². The largest absolute Gasteiger partial charge is 0.451 e. The molecule has 2 heterocycles. The molecule has 4 fully saturated rings. The van der Waals surface area contributed by atoms with Gasteiger partial charge in [0.15, 0.2) is 6.39 Å². The second kappa shape index (κ2) is 4.18. The molecular formula is C16H20N4O. The van der Waals surface area contributed by atoms with Gasteiger partial charge in [-0.2, -0.15) is 0 Å². The summed E-state index contributed by atoms with van der Waals surface area (Å²) in [6.45, 7) is 0.649. The molecule has 0 aliphatic heterocycles. The minimum Gasteiger partial charge on any atom is -0.451 e. The van der Waals surface area contributed by atoms with Gasteiger partial charge in [0, 0.05) is 11.6 Å². The van der Waals surface area contributed by atoms with E-state index in [9.17, 15) is 0 Å². The fourth-order valence-electron chi connectivity index (χ4n) is 5.52. The molecule has 0 spiro atoms. The van der Waals surface area contributed by atoms with Crippen LogP contribution in [-0.4, -0.2) is 20.0 Å². The molecule has 4 aliphatic rings. The third-order valence-corrected chi connectivity index (χ3v) is 5.93. The molecule has 2 aromatic rings. The van der Waals surface area contributed by atoms with Crippen LogP contribution in [0, 0.1) is 17.8 Å². The lowest BCUT2D eigenvalue weighted by molar-refractivity contribution is -0.00725. The summed E-state index contributed by atoms with van der Waals surface area (Å²) < 4.78 is 6.93. The Labute approximate surface area is 123 Å². The molecular weight excluding hydrogens is 264 g/mol. The zero-order valence-corrected chi connectivity index (χ0v) is 12.1. The Kier molecular flexibility index (Phi) is 2.38. The van der Waals surface area contributed by atoms with Crippen molar-refractivity contribution in [2.45, 2.75) is 50.5 Å². The van der Waals surface area contributed by atoms with Crippen LogP contribution in [0.2, 0.25) is 0 Å². The molecule has 0 saturated heterocycles. The highest BCUT2D eigenvalue weighted by atomic mass is 16.3. The van der Waals surface area contributed by atoms with Crippen LogP contribution in [0.3, 0.4) is 0 Å². The Hall–Kier alpha value is -1.65. The van der Waals surface area contributed by atoms with Gasteiger partial charge in [0.25, 0.3) is 0 Å². The minimum absolute atomic E-state index is 0.330. The van der Waals surface area contributed by atoms with Crippen molar-refractivity contribution in [3.05, 3.63) is 30.2 Å². The van der Waals surface area contributed by atoms with Crippen molar-refractivity contribution in [2.75, 3.05) is 0 Å². The van der Waals surface area contributed by atoms with Gasteiger partial charge in [0.2, 0.25) is 0 Å². The predicted molar refractivity (Wildman–Crippen MR) is 75.5 cm³/mol. The molecule has 6 rings (SSSR count). The minimum atomic E-state index is 0.330. The number of nitrogens with zero attached hydrogens (tertiary/aromatic N) is 4. The third-order valence-electron chi connectivity index (χ3n) is 5.93. The molecule has 4 saturated carbocycles. The van der Waals surface area contributed by atoms with Crippen molar-refractivity contribution < 1.29 is 4.42 Å². The van der Waals surface area contributed by atoms with Crippen LogP contribution < -0.4 is 0 Å². The first kappa shape index (κ1) is 12.0. The average Bonchev–Trinajstić information content (AvgIpc) is 3.09. The fourth-order valence-corrected chi connectivity index (χ4v) is 5.52. The average molecular weight is 284 g/mol. The summed E-state index contributed by atoms with van der Waals surface area (Å²) in [6.07, 6.45) is 13.7. The van der Waals surface area contributed by atoms with E-state index in [0.29, 0.717) is 12.0 Å². The number of aromatic nitrogens is 4. The SMILES string of the molecule is c1nc(Cn2cc(C34CC5CC(CC(C5)C3)C4)nn2)co1. The van der Waals surface area contributed by atoms with Gasteiger partial charge in [-0.15, -0.1) is 5.10 Å². The van der Waals surface area contributed by atoms with Crippen molar-refractivity contribution in [3.63, 3.8) is 0 Å². The Bertz CT molecular complexity index is 610. The van der Waals surface area contributed by atoms with Gasteiger partial charge in [-0.3, -0.25) is 0 Å². The number of oxazole rings is 1. The Morgan fingerprint density at radius 2 is 1.86 bits per heavy atom. The van der Waals surface area contributed by atoms with Crippen molar-refractivity contribution in [1.82, 2.24) is 20.0 Å². The zero-order valence-electron chi connectivity index (χ0n) is 12.1. The van der Waals surface area contributed by atoms with Gasteiger partial charge in [-0.05, 0) is 56.3 Å². The van der Waals surface area contributed by atoms with E-state index in [-0.39, 0.29) is 0 Å². The highest BCUT2D eigenvalue weighted by Gasteiger charge is 2.52. The number of hydrogen-bond donors (Lipinski definition) is 0. The van der Waals surface area contributed by atoms with E-state index in [4.69, 9.17) is 4.42 Å². The zero-order chi connectivity index (χ0) is 13.9. The standard InChI is InChI=1S/C16H20N4O/c1-11-2-13-3-12(1)5-16(4-11,6-13)15-8-20(19-18-15)7-14-9-21-10-17-14/h8-13H,1-7H2. The van der Waals surface area contributed by atoms with E-state index >= 15 is 0 Å². The molecule has 0 aromatic carbocycles. The summed E-state index contributed by atoms with van der Waals surface area (Å²) in [4.78, 5) is 4.16. The quantitative estimate of drug-likeness (QED) is 0.869. The van der Waals surface area contributed by atoms with Gasteiger partial charge < -0.3 is 4.42 Å². The first-order chi connectivity index (χ1) is 10.3. The van der Waals surface area contributed by atoms with Crippen molar-refractivity contribution in [2.24, 2.45) is 17.8 Å². The molecule has 2 aromatic heterocycles. The van der Waals surface area contributed by atoms with E-state index in [0.717, 1.165) is 23.4 Å². The van der Waals surface area contributed by atoms with Gasteiger partial charge in [-0.25, -0.2) is 9.67 Å². The topological polar surface area (TPSA) is 56.7 Å². The van der Waals surface area contributed by atoms with E-state index in [1.165, 1.54) is 50.6 Å². The Morgan fingerprint density at radius 3 is 2.48 bits per heavy atom. The summed E-state index contributed by atoms with van der Waals surface area (Å²) in [5.41, 5.74) is 2.46. The molecule has 110 valence electrons. The second-order valence-corrected chi connectivity index (χ2v) is 7.48. The van der Waals surface area contributed by atoms with E-state index in [1.54, 1.807) is 6.26 Å². The van der Waals surface area contributed by atoms with Crippen LogP contribution in [-0.2, 0) is 12.0 Å². The second-order valence-electron chi connectivity index (χ2n) is 7.48. The molecule has 0 amide bonds. The summed E-state index contributed by atoms with van der Waals surface area (Å²) in [5, 5.41) is 8.87. The molecule has 0 unspecified atom stereocenters. The lowest BCUT2D eigenvalue weighted by Gasteiger charge is -2.56. The molecule has 0 N–H and O–H groups in total. The van der Waals surface area contributed by atoms with Gasteiger partial charge in [0.1, 0.15) is 12.0 Å². The maximum absolute atomic E-state index is 5.02. The lowest BCUT2D eigenvalue weighted by Crippen LogP contribution is -2.48. The first-order valence-corrected chi connectivity index (χ1v) is 8.07. The lowest BCUT2D eigenvalue weighted by atomic mass is 9.49. The van der Waals surface area contributed by atoms with E-state index in [2.05, 4.69) is 21.5 Å². The molecule has 0 radical (unpaired) electrons. The maximum Gasteiger partial charge on any atom is 0.180 e. The van der Waals surface area contributed by atoms with E-state index in [1.807, 2.05) is 4.68 Å².